The minimum atomic E-state index is -1.28. The second-order valence-corrected chi connectivity index (χ2v) is 13.8. The lowest BCUT2D eigenvalue weighted by Crippen LogP contribution is -2.09. The van der Waals surface area contributed by atoms with Crippen molar-refractivity contribution in [3.8, 4) is 0 Å². The molecule has 2 aromatic rings. The van der Waals surface area contributed by atoms with Crippen LogP contribution in [0.3, 0.4) is 0 Å². The third-order valence-electron chi connectivity index (χ3n) is 1.64. The van der Waals surface area contributed by atoms with Gasteiger partial charge in [0.05, 0.1) is 10.2 Å². The predicted octanol–water partition coefficient (Wildman–Crippen LogP) is 4.20. The molecule has 0 fully saturated rings. The van der Waals surface area contributed by atoms with Crippen LogP contribution in [-0.4, -0.2) is 10.7 Å². The molecule has 0 N–H and O–H groups in total. The summed E-state index contributed by atoms with van der Waals surface area (Å²) in [4.78, 5) is 4.31. The zero-order valence-corrected chi connectivity index (χ0v) is 13.5. The van der Waals surface area contributed by atoms with E-state index in [0.29, 0.717) is 4.34 Å². The molecule has 7 heteroatoms. The molecule has 2 nitrogen and oxygen atoms in total. The smallest absolute Gasteiger partial charge is 0.215 e. The average Bonchev–Trinajstić information content (AvgIpc) is 2.58. The maximum Gasteiger partial charge on any atom is 0.215 e. The van der Waals surface area contributed by atoms with E-state index in [1.165, 1.54) is 11.3 Å². The number of fused-ring (bicyclic) bond motifs is 1. The van der Waals surface area contributed by atoms with E-state index in [0.717, 1.165) is 10.2 Å². The van der Waals surface area contributed by atoms with Gasteiger partial charge in [-0.3, -0.25) is 0 Å². The maximum absolute atomic E-state index is 12.0. The average molecular weight is 434 g/mol. The zero-order chi connectivity index (χ0) is 11.1. The number of aromatic nitrogens is 1. The molecule has 0 amide bonds. The molecule has 0 radical (unpaired) electrons. The fourth-order valence-corrected chi connectivity index (χ4v) is 5.40. The van der Waals surface area contributed by atoms with Crippen molar-refractivity contribution in [3.05, 3.63) is 24.3 Å². The maximum atomic E-state index is 12.0. The highest BCUT2D eigenvalue weighted by atomic mass is 80.0. The third kappa shape index (κ3) is 2.69. The number of para-hydroxylation sites is 1. The molecule has 1 aromatic heterocycles. The third-order valence-corrected chi connectivity index (χ3v) is 6.65. The second kappa shape index (κ2) is 4.52. The quantitative estimate of drug-likeness (QED) is 0.631. The molecule has 0 aliphatic heterocycles. The van der Waals surface area contributed by atoms with E-state index < -0.39 is 12.3 Å². The minimum absolute atomic E-state index is 0.585. The van der Waals surface area contributed by atoms with Crippen molar-refractivity contribution in [2.24, 2.45) is 0 Å². The normalized spacial score (nSPS) is 14.3. The molecule has 1 atom stereocenters. The highest BCUT2D eigenvalue weighted by Gasteiger charge is 2.30. The van der Waals surface area contributed by atoms with Crippen molar-refractivity contribution in [1.29, 1.82) is 0 Å². The van der Waals surface area contributed by atoms with Crippen molar-refractivity contribution >= 4 is 80.1 Å². The Morgan fingerprint density at radius 3 is 2.53 bits per heavy atom. The van der Waals surface area contributed by atoms with Gasteiger partial charge < -0.3 is 0 Å². The molecule has 1 heterocycles. The summed E-state index contributed by atoms with van der Waals surface area (Å²) in [5.74, 6) is 0. The van der Waals surface area contributed by atoms with E-state index in [1.54, 1.807) is 0 Å². The van der Waals surface area contributed by atoms with Gasteiger partial charge in [-0.15, -0.1) is 11.3 Å². The Morgan fingerprint density at radius 2 is 1.93 bits per heavy atom. The molecule has 2 rings (SSSR count). The summed E-state index contributed by atoms with van der Waals surface area (Å²) in [5.41, 5.74) is 0.877. The number of thiazole rings is 1. The van der Waals surface area contributed by atoms with E-state index in [-0.39, 0.29) is 0 Å². The Balaban J connectivity index is 2.50. The van der Waals surface area contributed by atoms with Crippen LogP contribution in [0.4, 0.5) is 0 Å². The summed E-state index contributed by atoms with van der Waals surface area (Å²) in [6.45, 7) is 0. The zero-order valence-electron chi connectivity index (χ0n) is 7.12. The van der Waals surface area contributed by atoms with Gasteiger partial charge in [0, 0.05) is 0 Å². The lowest BCUT2D eigenvalue weighted by atomic mass is 10.3. The SMILES string of the molecule is O=S(c1nc2ccccc2s1)C(Br)(Br)Br. The number of hydrogen-bond donors (Lipinski definition) is 0. The van der Waals surface area contributed by atoms with Gasteiger partial charge in [-0.25, -0.2) is 9.19 Å². The van der Waals surface area contributed by atoms with Crippen molar-refractivity contribution < 1.29 is 4.21 Å². The van der Waals surface area contributed by atoms with Crippen LogP contribution in [0.5, 0.6) is 0 Å². The van der Waals surface area contributed by atoms with Crippen molar-refractivity contribution in [1.82, 2.24) is 4.98 Å². The van der Waals surface area contributed by atoms with Crippen LogP contribution in [0.15, 0.2) is 28.6 Å². The lowest BCUT2D eigenvalue weighted by Gasteiger charge is -2.07. The first-order valence-electron chi connectivity index (χ1n) is 3.82. The van der Waals surface area contributed by atoms with E-state index in [1.807, 2.05) is 24.3 Å². The molecule has 0 spiro atoms. The Labute approximate surface area is 118 Å². The monoisotopic (exact) mass is 431 g/mol. The van der Waals surface area contributed by atoms with Gasteiger partial charge in [0.1, 0.15) is 10.8 Å². The Bertz CT molecular complexity index is 487. The number of nitrogens with zero attached hydrogens (tertiary/aromatic N) is 1. The van der Waals surface area contributed by atoms with Crippen LogP contribution in [0, 0.1) is 0 Å². The van der Waals surface area contributed by atoms with E-state index in [9.17, 15) is 4.21 Å². The van der Waals surface area contributed by atoms with Gasteiger partial charge >= 0.3 is 0 Å². The van der Waals surface area contributed by atoms with Gasteiger partial charge in [-0.1, -0.05) is 12.1 Å². The molecule has 15 heavy (non-hydrogen) atoms. The summed E-state index contributed by atoms with van der Waals surface area (Å²) in [6.07, 6.45) is 0. The van der Waals surface area contributed by atoms with Crippen molar-refractivity contribution in [3.63, 3.8) is 0 Å². The van der Waals surface area contributed by atoms with Gasteiger partial charge in [0.2, 0.25) is 1.47 Å². The summed E-state index contributed by atoms with van der Waals surface area (Å²) in [5, 5.41) is 0. The molecule has 80 valence electrons. The Hall–Kier alpha value is 0.700. The van der Waals surface area contributed by atoms with E-state index >= 15 is 0 Å². The number of alkyl halides is 3. The Kier molecular flexibility index (Phi) is 3.67. The van der Waals surface area contributed by atoms with Crippen molar-refractivity contribution in [2.75, 3.05) is 0 Å². The van der Waals surface area contributed by atoms with Gasteiger partial charge in [-0.05, 0) is 59.9 Å². The minimum Gasteiger partial charge on any atom is -0.249 e. The van der Waals surface area contributed by atoms with Crippen LogP contribution in [-0.2, 0) is 10.8 Å². The predicted molar refractivity (Wildman–Crippen MR) is 75.5 cm³/mol. The first kappa shape index (κ1) is 12.2. The molecule has 0 bridgehead atoms. The molecule has 0 saturated carbocycles. The number of halogens is 3. The summed E-state index contributed by atoms with van der Waals surface area (Å²) >= 11 is 11.1. The Morgan fingerprint density at radius 1 is 1.27 bits per heavy atom. The number of rotatable bonds is 1. The molecule has 1 unspecified atom stereocenters. The van der Waals surface area contributed by atoms with Crippen LogP contribution in [0.2, 0.25) is 0 Å². The largest absolute Gasteiger partial charge is 0.249 e. The van der Waals surface area contributed by atoms with E-state index in [2.05, 4.69) is 52.8 Å². The van der Waals surface area contributed by atoms with Crippen LogP contribution >= 0.6 is 59.1 Å². The van der Waals surface area contributed by atoms with Gasteiger partial charge in [0.25, 0.3) is 0 Å². The topological polar surface area (TPSA) is 30.0 Å². The first-order chi connectivity index (χ1) is 6.98. The summed E-state index contributed by atoms with van der Waals surface area (Å²) in [7, 11) is -1.28. The highest BCUT2D eigenvalue weighted by molar-refractivity contribution is 9.42. The van der Waals surface area contributed by atoms with Gasteiger partial charge in [-0.2, -0.15) is 0 Å². The number of hydrogen-bond acceptors (Lipinski definition) is 3. The lowest BCUT2D eigenvalue weighted by molar-refractivity contribution is 0.684. The highest BCUT2D eigenvalue weighted by Crippen LogP contribution is 2.41. The molecule has 0 aliphatic carbocycles. The summed E-state index contributed by atoms with van der Waals surface area (Å²) in [6, 6.07) is 7.73. The molecular weight excluding hydrogens is 430 g/mol. The van der Waals surface area contributed by atoms with Crippen LogP contribution in [0.25, 0.3) is 10.2 Å². The molecule has 0 aliphatic rings. The fraction of sp³-hybridized carbons (Fsp3) is 0.125. The van der Waals surface area contributed by atoms with Crippen LogP contribution in [0.1, 0.15) is 0 Å². The molecular formula is C8H4Br3NOS2. The first-order valence-corrected chi connectivity index (χ1v) is 8.17. The second-order valence-electron chi connectivity index (χ2n) is 2.66. The fourth-order valence-electron chi connectivity index (χ4n) is 1.03. The molecule has 1 aromatic carbocycles. The van der Waals surface area contributed by atoms with Crippen LogP contribution < -0.4 is 0 Å². The number of benzene rings is 1. The van der Waals surface area contributed by atoms with Crippen molar-refractivity contribution in [2.45, 2.75) is 5.81 Å². The standard InChI is InChI=1S/C8H4Br3NOS2/c9-8(10,11)15(13)7-12-5-3-1-2-4-6(5)14-7/h1-4H. The molecule has 0 saturated heterocycles. The van der Waals surface area contributed by atoms with Gasteiger partial charge in [0.15, 0.2) is 4.34 Å². The van der Waals surface area contributed by atoms with E-state index in [4.69, 9.17) is 0 Å². The summed E-state index contributed by atoms with van der Waals surface area (Å²) < 4.78 is 12.8.